The second kappa shape index (κ2) is 4.60. The Kier molecular flexibility index (Phi) is 3.17. The first-order valence-corrected chi connectivity index (χ1v) is 5.26. The third-order valence-corrected chi connectivity index (χ3v) is 2.79. The number of aliphatic hydroxyl groups excluding tert-OH is 1. The van der Waals surface area contributed by atoms with Gasteiger partial charge < -0.3 is 5.11 Å². The SMILES string of the molecule is Cc1cc(C(O)c2cnccn2)ccc1Cl. The first kappa shape index (κ1) is 11.0. The van der Waals surface area contributed by atoms with Crippen LogP contribution in [0.25, 0.3) is 0 Å². The summed E-state index contributed by atoms with van der Waals surface area (Å²) in [5.74, 6) is 0. The lowest BCUT2D eigenvalue weighted by atomic mass is 10.0. The second-order valence-electron chi connectivity index (χ2n) is 3.54. The molecule has 2 rings (SSSR count). The average Bonchev–Trinajstić information content (AvgIpc) is 2.33. The smallest absolute Gasteiger partial charge is 0.123 e. The molecule has 1 aromatic heterocycles. The van der Waals surface area contributed by atoms with Crippen molar-refractivity contribution in [2.75, 3.05) is 0 Å². The van der Waals surface area contributed by atoms with Gasteiger partial charge in [0.1, 0.15) is 6.10 Å². The summed E-state index contributed by atoms with van der Waals surface area (Å²) in [7, 11) is 0. The number of hydrogen-bond donors (Lipinski definition) is 1. The minimum atomic E-state index is -0.760. The third-order valence-electron chi connectivity index (χ3n) is 2.36. The van der Waals surface area contributed by atoms with Gasteiger partial charge in [-0.15, -0.1) is 0 Å². The van der Waals surface area contributed by atoms with Gasteiger partial charge in [0.15, 0.2) is 0 Å². The van der Waals surface area contributed by atoms with E-state index in [0.29, 0.717) is 10.7 Å². The van der Waals surface area contributed by atoms with Crippen LogP contribution >= 0.6 is 11.6 Å². The molecule has 3 nitrogen and oxygen atoms in total. The van der Waals surface area contributed by atoms with Crippen molar-refractivity contribution in [1.82, 2.24) is 9.97 Å². The van der Waals surface area contributed by atoms with Crippen molar-refractivity contribution in [2.24, 2.45) is 0 Å². The molecule has 0 aliphatic carbocycles. The van der Waals surface area contributed by atoms with Gasteiger partial charge in [-0.25, -0.2) is 0 Å². The Morgan fingerprint density at radius 2 is 2.12 bits per heavy atom. The highest BCUT2D eigenvalue weighted by atomic mass is 35.5. The van der Waals surface area contributed by atoms with Gasteiger partial charge in [0.2, 0.25) is 0 Å². The Morgan fingerprint density at radius 1 is 1.31 bits per heavy atom. The minimum absolute atomic E-state index is 0.532. The second-order valence-corrected chi connectivity index (χ2v) is 3.95. The molecule has 16 heavy (non-hydrogen) atoms. The lowest BCUT2D eigenvalue weighted by Crippen LogP contribution is -2.02. The molecule has 2 aromatic rings. The van der Waals surface area contributed by atoms with Gasteiger partial charge in [-0.1, -0.05) is 23.7 Å². The molecule has 0 aliphatic rings. The first-order valence-electron chi connectivity index (χ1n) is 4.88. The van der Waals surface area contributed by atoms with E-state index in [2.05, 4.69) is 9.97 Å². The van der Waals surface area contributed by atoms with Crippen molar-refractivity contribution < 1.29 is 5.11 Å². The van der Waals surface area contributed by atoms with E-state index in [1.807, 2.05) is 13.0 Å². The highest BCUT2D eigenvalue weighted by molar-refractivity contribution is 6.31. The van der Waals surface area contributed by atoms with E-state index in [1.54, 1.807) is 30.7 Å². The number of hydrogen-bond acceptors (Lipinski definition) is 3. The van der Waals surface area contributed by atoms with Gasteiger partial charge in [0.05, 0.1) is 11.9 Å². The van der Waals surface area contributed by atoms with E-state index in [-0.39, 0.29) is 0 Å². The van der Waals surface area contributed by atoms with Crippen molar-refractivity contribution in [1.29, 1.82) is 0 Å². The normalized spacial score (nSPS) is 12.4. The first-order chi connectivity index (χ1) is 7.68. The predicted octanol–water partition coefficient (Wildman–Crippen LogP) is 2.52. The topological polar surface area (TPSA) is 46.0 Å². The molecule has 82 valence electrons. The van der Waals surface area contributed by atoms with Crippen LogP contribution in [-0.2, 0) is 0 Å². The molecule has 0 amide bonds. The highest BCUT2D eigenvalue weighted by Crippen LogP contribution is 2.23. The van der Waals surface area contributed by atoms with E-state index in [4.69, 9.17) is 11.6 Å². The zero-order valence-corrected chi connectivity index (χ0v) is 9.52. The maximum atomic E-state index is 10.1. The molecule has 1 N–H and O–H groups in total. The summed E-state index contributed by atoms with van der Waals surface area (Å²) < 4.78 is 0. The number of halogens is 1. The van der Waals surface area contributed by atoms with E-state index < -0.39 is 6.10 Å². The zero-order chi connectivity index (χ0) is 11.5. The van der Waals surface area contributed by atoms with Gasteiger partial charge in [-0.05, 0) is 24.1 Å². The fourth-order valence-electron chi connectivity index (χ4n) is 1.46. The molecule has 4 heteroatoms. The van der Waals surface area contributed by atoms with Crippen molar-refractivity contribution in [3.8, 4) is 0 Å². The molecule has 0 saturated heterocycles. The van der Waals surface area contributed by atoms with Crippen molar-refractivity contribution in [3.05, 3.63) is 58.6 Å². The van der Waals surface area contributed by atoms with E-state index >= 15 is 0 Å². The van der Waals surface area contributed by atoms with Crippen LogP contribution in [0, 0.1) is 6.92 Å². The Bertz CT molecular complexity index is 488. The highest BCUT2D eigenvalue weighted by Gasteiger charge is 2.12. The number of aliphatic hydroxyl groups is 1. The lowest BCUT2D eigenvalue weighted by molar-refractivity contribution is 0.214. The molecule has 1 atom stereocenters. The zero-order valence-electron chi connectivity index (χ0n) is 8.76. The number of benzene rings is 1. The average molecular weight is 235 g/mol. The Hall–Kier alpha value is -1.45. The summed E-state index contributed by atoms with van der Waals surface area (Å²) >= 11 is 5.92. The summed E-state index contributed by atoms with van der Waals surface area (Å²) in [6.45, 7) is 1.90. The van der Waals surface area contributed by atoms with Gasteiger partial charge in [-0.2, -0.15) is 0 Å². The number of rotatable bonds is 2. The van der Waals surface area contributed by atoms with Gasteiger partial charge in [0.25, 0.3) is 0 Å². The van der Waals surface area contributed by atoms with Crippen molar-refractivity contribution in [3.63, 3.8) is 0 Å². The maximum Gasteiger partial charge on any atom is 0.123 e. The van der Waals surface area contributed by atoms with Crippen molar-refractivity contribution in [2.45, 2.75) is 13.0 Å². The van der Waals surface area contributed by atoms with E-state index in [9.17, 15) is 5.11 Å². The summed E-state index contributed by atoms with van der Waals surface area (Å²) in [5, 5.41) is 10.8. The predicted molar refractivity (Wildman–Crippen MR) is 62.3 cm³/mol. The molecule has 0 aliphatic heterocycles. The Balaban J connectivity index is 2.34. The van der Waals surface area contributed by atoms with Gasteiger partial charge in [-0.3, -0.25) is 9.97 Å². The number of nitrogens with zero attached hydrogens (tertiary/aromatic N) is 2. The van der Waals surface area contributed by atoms with Crippen LogP contribution in [0.15, 0.2) is 36.8 Å². The summed E-state index contributed by atoms with van der Waals surface area (Å²) in [6.07, 6.45) is 3.92. The Labute approximate surface area is 98.8 Å². The molecule has 1 aromatic carbocycles. The molecule has 0 radical (unpaired) electrons. The van der Waals surface area contributed by atoms with Crippen LogP contribution in [-0.4, -0.2) is 15.1 Å². The van der Waals surface area contributed by atoms with Crippen LogP contribution in [0.3, 0.4) is 0 Å². The quantitative estimate of drug-likeness (QED) is 0.869. The number of aryl methyl sites for hydroxylation is 1. The lowest BCUT2D eigenvalue weighted by Gasteiger charge is -2.11. The van der Waals surface area contributed by atoms with Crippen LogP contribution in [0.1, 0.15) is 22.9 Å². The summed E-state index contributed by atoms with van der Waals surface area (Å²) in [6, 6.07) is 5.40. The minimum Gasteiger partial charge on any atom is -0.382 e. The van der Waals surface area contributed by atoms with Crippen LogP contribution in [0.4, 0.5) is 0 Å². The maximum absolute atomic E-state index is 10.1. The van der Waals surface area contributed by atoms with Crippen LogP contribution < -0.4 is 0 Å². The fourth-order valence-corrected chi connectivity index (χ4v) is 1.58. The van der Waals surface area contributed by atoms with E-state index in [1.165, 1.54) is 0 Å². The van der Waals surface area contributed by atoms with Crippen LogP contribution in [0.2, 0.25) is 5.02 Å². The van der Waals surface area contributed by atoms with E-state index in [0.717, 1.165) is 11.1 Å². The molecule has 1 unspecified atom stereocenters. The summed E-state index contributed by atoms with van der Waals surface area (Å²) in [5.41, 5.74) is 2.23. The molecular weight excluding hydrogens is 224 g/mol. The Morgan fingerprint density at radius 3 is 2.75 bits per heavy atom. The van der Waals surface area contributed by atoms with Crippen LogP contribution in [0.5, 0.6) is 0 Å². The molecular formula is C12H11ClN2O. The van der Waals surface area contributed by atoms with Crippen molar-refractivity contribution >= 4 is 11.6 Å². The van der Waals surface area contributed by atoms with Gasteiger partial charge in [0, 0.05) is 17.4 Å². The summed E-state index contributed by atoms with van der Waals surface area (Å²) in [4.78, 5) is 7.98. The molecule has 1 heterocycles. The van der Waals surface area contributed by atoms with Gasteiger partial charge >= 0.3 is 0 Å². The fraction of sp³-hybridized carbons (Fsp3) is 0.167. The number of aromatic nitrogens is 2. The third kappa shape index (κ3) is 2.21. The molecule has 0 fully saturated rings. The molecule has 0 saturated carbocycles. The largest absolute Gasteiger partial charge is 0.382 e. The molecule has 0 spiro atoms. The standard InChI is InChI=1S/C12H11ClN2O/c1-8-6-9(2-3-10(8)13)12(16)11-7-14-4-5-15-11/h2-7,12,16H,1H3. The molecule has 0 bridgehead atoms. The monoisotopic (exact) mass is 234 g/mol.